The van der Waals surface area contributed by atoms with Crippen molar-refractivity contribution in [1.82, 2.24) is 19.4 Å². The molecular formula is C27H26ClF2N5O2S. The van der Waals surface area contributed by atoms with E-state index >= 15 is 0 Å². The van der Waals surface area contributed by atoms with Gasteiger partial charge >= 0.3 is 5.69 Å². The Balaban J connectivity index is 1.44. The van der Waals surface area contributed by atoms with Gasteiger partial charge in [-0.05, 0) is 55.6 Å². The fourth-order valence-corrected chi connectivity index (χ4v) is 7.01. The summed E-state index contributed by atoms with van der Waals surface area (Å²) < 4.78 is 28.6. The van der Waals surface area contributed by atoms with Crippen molar-refractivity contribution in [2.45, 2.75) is 44.8 Å². The monoisotopic (exact) mass is 557 g/mol. The van der Waals surface area contributed by atoms with Gasteiger partial charge in [-0.1, -0.05) is 11.6 Å². The van der Waals surface area contributed by atoms with E-state index in [4.69, 9.17) is 11.6 Å². The van der Waals surface area contributed by atoms with Crippen molar-refractivity contribution >= 4 is 38.8 Å². The number of fused-ring (bicyclic) bond motifs is 2. The molecule has 6 rings (SSSR count). The number of hydrogen-bond donors (Lipinski definition) is 1. The zero-order valence-corrected chi connectivity index (χ0v) is 22.1. The third-order valence-corrected chi connectivity index (χ3v) is 8.66. The maximum absolute atomic E-state index is 12.9. The van der Waals surface area contributed by atoms with Crippen LogP contribution in [0.5, 0.6) is 0 Å². The van der Waals surface area contributed by atoms with E-state index in [1.165, 1.54) is 22.6 Å². The largest absolute Gasteiger partial charge is 0.366 e. The number of nitrogens with zero attached hydrogens (tertiary/aromatic N) is 4. The summed E-state index contributed by atoms with van der Waals surface area (Å²) in [7, 11) is 0. The Kier molecular flexibility index (Phi) is 6.79. The van der Waals surface area contributed by atoms with Crippen molar-refractivity contribution < 1.29 is 8.78 Å². The van der Waals surface area contributed by atoms with Crippen LogP contribution in [-0.2, 0) is 19.5 Å². The number of rotatable bonds is 6. The lowest BCUT2D eigenvalue weighted by molar-refractivity contribution is 0.124. The highest BCUT2D eigenvalue weighted by atomic mass is 35.5. The zero-order valence-electron chi connectivity index (χ0n) is 20.5. The van der Waals surface area contributed by atoms with Gasteiger partial charge in [0.2, 0.25) is 0 Å². The van der Waals surface area contributed by atoms with Crippen LogP contribution in [-0.4, -0.2) is 46.2 Å². The van der Waals surface area contributed by atoms with E-state index < -0.39 is 24.2 Å². The average molecular weight is 558 g/mol. The molecule has 1 saturated heterocycles. The number of hydrogen-bond acceptors (Lipinski definition) is 6. The van der Waals surface area contributed by atoms with Crippen LogP contribution in [0.1, 0.15) is 23.3 Å². The smallest absolute Gasteiger partial charge is 0.331 e. The van der Waals surface area contributed by atoms with Gasteiger partial charge in [-0.15, -0.1) is 11.3 Å². The molecule has 2 aliphatic rings. The van der Waals surface area contributed by atoms with Crippen molar-refractivity contribution in [2.75, 3.05) is 24.5 Å². The first-order valence-corrected chi connectivity index (χ1v) is 13.8. The summed E-state index contributed by atoms with van der Waals surface area (Å²) in [6.45, 7) is 2.16. The third-order valence-electron chi connectivity index (χ3n) is 7.30. The molecule has 7 nitrogen and oxygen atoms in total. The Labute approximate surface area is 226 Å². The summed E-state index contributed by atoms with van der Waals surface area (Å²) in [4.78, 5) is 33.0. The second-order valence-electron chi connectivity index (χ2n) is 9.76. The molecule has 1 aromatic carbocycles. The number of aryl methyl sites for hydroxylation is 1. The number of benzene rings is 1. The molecule has 1 fully saturated rings. The lowest BCUT2D eigenvalue weighted by atomic mass is 9.92. The molecule has 1 atom stereocenters. The van der Waals surface area contributed by atoms with Crippen LogP contribution in [0.15, 0.2) is 52.3 Å². The minimum absolute atomic E-state index is 0.0181. The molecule has 4 aromatic rings. The third kappa shape index (κ3) is 4.65. The Morgan fingerprint density at radius 1 is 1.18 bits per heavy atom. The fourth-order valence-electron chi connectivity index (χ4n) is 5.64. The van der Waals surface area contributed by atoms with Gasteiger partial charge in [0.1, 0.15) is 0 Å². The van der Waals surface area contributed by atoms with Gasteiger partial charge in [-0.2, -0.15) is 0 Å². The maximum atomic E-state index is 12.9. The second-order valence-corrected chi connectivity index (χ2v) is 11.3. The lowest BCUT2D eigenvalue weighted by Crippen LogP contribution is -2.40. The molecule has 0 aliphatic carbocycles. The number of aromatic nitrogens is 3. The molecule has 198 valence electrons. The van der Waals surface area contributed by atoms with Crippen molar-refractivity contribution in [3.05, 3.63) is 79.0 Å². The molecule has 0 saturated carbocycles. The summed E-state index contributed by atoms with van der Waals surface area (Å²) in [5.74, 6) is 0. The Morgan fingerprint density at radius 3 is 2.84 bits per heavy atom. The lowest BCUT2D eigenvalue weighted by Gasteiger charge is -2.38. The Bertz CT molecular complexity index is 1630. The van der Waals surface area contributed by atoms with Crippen LogP contribution in [0.25, 0.3) is 21.3 Å². The molecule has 2 aliphatic heterocycles. The van der Waals surface area contributed by atoms with Crippen LogP contribution in [0.2, 0.25) is 5.02 Å². The van der Waals surface area contributed by atoms with E-state index in [0.717, 1.165) is 86.5 Å². The predicted octanol–water partition coefficient (Wildman–Crippen LogP) is 4.37. The number of anilines is 1. The molecular weight excluding hydrogens is 532 g/mol. The molecule has 3 aromatic heterocycles. The molecule has 0 radical (unpaired) electrons. The SMILES string of the molecule is O=c1ccn(CC(F)F)c(=O)n1Cc1cc2nccc(-c3cc(Cl)cc4c3N([C@H]3CCNC3)CCC4)c2s1. The summed E-state index contributed by atoms with van der Waals surface area (Å²) in [6, 6.07) is 9.49. The molecule has 0 bridgehead atoms. The highest BCUT2D eigenvalue weighted by Gasteiger charge is 2.30. The van der Waals surface area contributed by atoms with E-state index in [1.807, 2.05) is 18.2 Å². The minimum atomic E-state index is -2.70. The average Bonchev–Trinajstić information content (AvgIpc) is 3.57. The van der Waals surface area contributed by atoms with E-state index in [0.29, 0.717) is 11.1 Å². The van der Waals surface area contributed by atoms with Gasteiger partial charge in [0.25, 0.3) is 12.0 Å². The van der Waals surface area contributed by atoms with E-state index in [-0.39, 0.29) is 6.54 Å². The molecule has 0 spiro atoms. The Hall–Kier alpha value is -3.08. The van der Waals surface area contributed by atoms with Crippen LogP contribution in [0, 0.1) is 0 Å². The van der Waals surface area contributed by atoms with Crippen molar-refractivity contribution in [2.24, 2.45) is 0 Å². The van der Waals surface area contributed by atoms with Gasteiger partial charge in [-0.3, -0.25) is 18.9 Å². The fraction of sp³-hybridized carbons (Fsp3) is 0.370. The predicted molar refractivity (Wildman–Crippen MR) is 147 cm³/mol. The zero-order chi connectivity index (χ0) is 26.4. The second kappa shape index (κ2) is 10.2. The van der Waals surface area contributed by atoms with E-state index in [2.05, 4.69) is 21.3 Å². The van der Waals surface area contributed by atoms with Gasteiger partial charge < -0.3 is 10.2 Å². The van der Waals surface area contributed by atoms with Crippen LogP contribution in [0.3, 0.4) is 0 Å². The van der Waals surface area contributed by atoms with Crippen molar-refractivity contribution in [3.63, 3.8) is 0 Å². The van der Waals surface area contributed by atoms with Crippen LogP contribution >= 0.6 is 22.9 Å². The normalized spacial score (nSPS) is 17.5. The van der Waals surface area contributed by atoms with Crippen molar-refractivity contribution in [3.8, 4) is 11.1 Å². The molecule has 11 heteroatoms. The summed E-state index contributed by atoms with van der Waals surface area (Å²) in [5.41, 5.74) is 3.96. The molecule has 1 N–H and O–H groups in total. The van der Waals surface area contributed by atoms with Crippen LogP contribution in [0.4, 0.5) is 14.5 Å². The molecule has 0 amide bonds. The highest BCUT2D eigenvalue weighted by Crippen LogP contribution is 2.44. The number of nitrogens with one attached hydrogen (secondary N) is 1. The van der Waals surface area contributed by atoms with E-state index in [1.54, 1.807) is 6.20 Å². The summed E-state index contributed by atoms with van der Waals surface area (Å²) in [5, 5.41) is 4.16. The number of pyridine rings is 1. The van der Waals surface area contributed by atoms with Gasteiger partial charge in [0.05, 0.1) is 23.3 Å². The molecule has 5 heterocycles. The Morgan fingerprint density at radius 2 is 2.05 bits per heavy atom. The first-order valence-electron chi connectivity index (χ1n) is 12.6. The van der Waals surface area contributed by atoms with Gasteiger partial charge in [-0.25, -0.2) is 13.6 Å². The van der Waals surface area contributed by atoms with Crippen molar-refractivity contribution in [1.29, 1.82) is 0 Å². The topological polar surface area (TPSA) is 72.2 Å². The van der Waals surface area contributed by atoms with Gasteiger partial charge in [0.15, 0.2) is 0 Å². The standard InChI is InChI=1S/C27H26ClF2N5O2S/c28-17-10-16-2-1-8-34(18-3-6-31-13-18)25(16)21(11-17)20-4-7-32-22-12-19(38-26(20)22)14-35-24(36)5-9-33(27(35)37)15-23(29)30/h4-5,7,9-12,18,23,31H,1-3,6,8,13-15H2/t18-/m0/s1. The molecule has 38 heavy (non-hydrogen) atoms. The van der Waals surface area contributed by atoms with Crippen LogP contribution < -0.4 is 21.5 Å². The first-order chi connectivity index (χ1) is 18.4. The minimum Gasteiger partial charge on any atom is -0.366 e. The summed E-state index contributed by atoms with van der Waals surface area (Å²) in [6.07, 6.45) is 3.31. The number of halogens is 3. The highest BCUT2D eigenvalue weighted by molar-refractivity contribution is 7.19. The quantitative estimate of drug-likeness (QED) is 0.381. The van der Waals surface area contributed by atoms with E-state index in [9.17, 15) is 18.4 Å². The number of thiophene rings is 1. The number of alkyl halides is 2. The summed E-state index contributed by atoms with van der Waals surface area (Å²) >= 11 is 8.07. The first kappa shape index (κ1) is 25.2. The molecule has 0 unspecified atom stereocenters. The van der Waals surface area contributed by atoms with Gasteiger partial charge in [0, 0.05) is 64.3 Å². The maximum Gasteiger partial charge on any atom is 0.331 e.